The third kappa shape index (κ3) is 3.63. The lowest BCUT2D eigenvalue weighted by Gasteiger charge is -2.36. The molecule has 1 saturated heterocycles. The van der Waals surface area contributed by atoms with Crippen LogP contribution < -0.4 is 10.2 Å². The van der Waals surface area contributed by atoms with E-state index < -0.39 is 0 Å². The molecule has 0 amide bonds. The molecule has 2 unspecified atom stereocenters. The van der Waals surface area contributed by atoms with E-state index in [2.05, 4.69) is 54.0 Å². The predicted molar refractivity (Wildman–Crippen MR) is 90.0 cm³/mol. The van der Waals surface area contributed by atoms with Crippen LogP contribution in [-0.2, 0) is 6.54 Å². The van der Waals surface area contributed by atoms with E-state index >= 15 is 0 Å². The number of benzene rings is 1. The molecular formula is C16H23ClN2S. The van der Waals surface area contributed by atoms with E-state index in [4.69, 9.17) is 11.6 Å². The largest absolute Gasteiger partial charge is 0.368 e. The summed E-state index contributed by atoms with van der Waals surface area (Å²) in [5.74, 6) is 0. The highest BCUT2D eigenvalue weighted by Gasteiger charge is 2.24. The van der Waals surface area contributed by atoms with E-state index in [0.29, 0.717) is 10.5 Å². The summed E-state index contributed by atoms with van der Waals surface area (Å²) >= 11 is 8.59. The SMILES string of the molecule is CC1CN(c2ccc(CNC3CC3)cc2Cl)CC(C)S1. The van der Waals surface area contributed by atoms with Crippen LogP contribution in [0, 0.1) is 0 Å². The normalized spacial score (nSPS) is 26.9. The number of nitrogens with zero attached hydrogens (tertiary/aromatic N) is 1. The van der Waals surface area contributed by atoms with Gasteiger partial charge in [0.1, 0.15) is 0 Å². The summed E-state index contributed by atoms with van der Waals surface area (Å²) in [5.41, 5.74) is 2.49. The maximum absolute atomic E-state index is 6.51. The van der Waals surface area contributed by atoms with Crippen molar-refractivity contribution in [2.75, 3.05) is 18.0 Å². The van der Waals surface area contributed by atoms with Gasteiger partial charge in [0.05, 0.1) is 10.7 Å². The first-order valence-corrected chi connectivity index (χ1v) is 8.86. The van der Waals surface area contributed by atoms with Gasteiger partial charge in [-0.25, -0.2) is 0 Å². The molecule has 1 aliphatic heterocycles. The van der Waals surface area contributed by atoms with Crippen molar-refractivity contribution in [3.63, 3.8) is 0 Å². The van der Waals surface area contributed by atoms with Crippen molar-refractivity contribution >= 4 is 29.1 Å². The molecule has 0 radical (unpaired) electrons. The minimum atomic E-state index is 0.672. The summed E-state index contributed by atoms with van der Waals surface area (Å²) in [6.07, 6.45) is 2.65. The molecule has 2 nitrogen and oxygen atoms in total. The van der Waals surface area contributed by atoms with Gasteiger partial charge in [-0.3, -0.25) is 0 Å². The number of thioether (sulfide) groups is 1. The Bertz CT molecular complexity index is 466. The van der Waals surface area contributed by atoms with Crippen molar-refractivity contribution in [3.8, 4) is 0 Å². The van der Waals surface area contributed by atoms with E-state index in [1.54, 1.807) is 0 Å². The molecule has 0 spiro atoms. The van der Waals surface area contributed by atoms with Gasteiger partial charge in [-0.05, 0) is 30.5 Å². The molecule has 0 bridgehead atoms. The summed E-state index contributed by atoms with van der Waals surface area (Å²) in [7, 11) is 0. The van der Waals surface area contributed by atoms with E-state index in [9.17, 15) is 0 Å². The Morgan fingerprint density at radius 3 is 2.55 bits per heavy atom. The van der Waals surface area contributed by atoms with Gasteiger partial charge in [-0.1, -0.05) is 31.5 Å². The van der Waals surface area contributed by atoms with Gasteiger partial charge in [0.25, 0.3) is 0 Å². The predicted octanol–water partition coefficient (Wildman–Crippen LogP) is 3.92. The highest BCUT2D eigenvalue weighted by Crippen LogP contribution is 2.33. The van der Waals surface area contributed by atoms with Gasteiger partial charge in [0.2, 0.25) is 0 Å². The van der Waals surface area contributed by atoms with Crippen molar-refractivity contribution in [1.29, 1.82) is 0 Å². The van der Waals surface area contributed by atoms with Gasteiger partial charge in [-0.15, -0.1) is 0 Å². The third-order valence-corrected chi connectivity index (χ3v) is 5.47. The zero-order valence-electron chi connectivity index (χ0n) is 12.2. The molecule has 2 aliphatic rings. The number of rotatable bonds is 4. The van der Waals surface area contributed by atoms with Gasteiger partial charge in [0.15, 0.2) is 0 Å². The van der Waals surface area contributed by atoms with Crippen LogP contribution in [0.25, 0.3) is 0 Å². The molecule has 1 N–H and O–H groups in total. The molecule has 2 atom stereocenters. The molecular weight excluding hydrogens is 288 g/mol. The van der Waals surface area contributed by atoms with Crippen LogP contribution >= 0.6 is 23.4 Å². The average molecular weight is 311 g/mol. The molecule has 2 fully saturated rings. The van der Waals surface area contributed by atoms with Crippen LogP contribution in [0.3, 0.4) is 0 Å². The fourth-order valence-corrected chi connectivity index (χ4v) is 4.49. The minimum absolute atomic E-state index is 0.672. The maximum Gasteiger partial charge on any atom is 0.0642 e. The smallest absolute Gasteiger partial charge is 0.0642 e. The van der Waals surface area contributed by atoms with Crippen molar-refractivity contribution in [2.24, 2.45) is 0 Å². The Labute approximate surface area is 131 Å². The first-order valence-electron chi connectivity index (χ1n) is 7.54. The Hall–Kier alpha value is -0.380. The Morgan fingerprint density at radius 2 is 1.95 bits per heavy atom. The van der Waals surface area contributed by atoms with Crippen LogP contribution in [0.2, 0.25) is 5.02 Å². The first kappa shape index (κ1) is 14.6. The molecule has 1 saturated carbocycles. The standard InChI is InChI=1S/C16H23ClN2S/c1-11-9-19(10-12(2)20-11)16-6-3-13(7-15(16)17)8-18-14-4-5-14/h3,6-7,11-12,14,18H,4-5,8-10H2,1-2H3. The third-order valence-electron chi connectivity index (χ3n) is 3.94. The second-order valence-corrected chi connectivity index (χ2v) is 8.39. The van der Waals surface area contributed by atoms with Crippen molar-refractivity contribution in [2.45, 2.75) is 49.8 Å². The second kappa shape index (κ2) is 6.17. The van der Waals surface area contributed by atoms with E-state index in [-0.39, 0.29) is 0 Å². The lowest BCUT2D eigenvalue weighted by Crippen LogP contribution is -2.40. The average Bonchev–Trinajstić information content (AvgIpc) is 3.19. The summed E-state index contributed by atoms with van der Waals surface area (Å²) < 4.78 is 0. The number of hydrogen-bond acceptors (Lipinski definition) is 3. The molecule has 1 aromatic rings. The van der Waals surface area contributed by atoms with Crippen molar-refractivity contribution in [3.05, 3.63) is 28.8 Å². The van der Waals surface area contributed by atoms with Crippen LogP contribution in [-0.4, -0.2) is 29.6 Å². The summed E-state index contributed by atoms with van der Waals surface area (Å²) in [5, 5.41) is 5.78. The van der Waals surface area contributed by atoms with Crippen LogP contribution in [0.4, 0.5) is 5.69 Å². The summed E-state index contributed by atoms with van der Waals surface area (Å²) in [4.78, 5) is 2.44. The fraction of sp³-hybridized carbons (Fsp3) is 0.625. The lowest BCUT2D eigenvalue weighted by atomic mass is 10.1. The number of hydrogen-bond donors (Lipinski definition) is 1. The van der Waals surface area contributed by atoms with E-state index in [1.807, 2.05) is 0 Å². The van der Waals surface area contributed by atoms with Gasteiger partial charge in [-0.2, -0.15) is 11.8 Å². The van der Waals surface area contributed by atoms with E-state index in [1.165, 1.54) is 24.1 Å². The molecule has 3 rings (SSSR count). The number of halogens is 1. The minimum Gasteiger partial charge on any atom is -0.368 e. The number of anilines is 1. The molecule has 1 aromatic carbocycles. The second-order valence-electron chi connectivity index (χ2n) is 6.10. The zero-order chi connectivity index (χ0) is 14.1. The fourth-order valence-electron chi connectivity index (χ4n) is 2.84. The highest BCUT2D eigenvalue weighted by atomic mass is 35.5. The number of nitrogens with one attached hydrogen (secondary N) is 1. The molecule has 0 aromatic heterocycles. The van der Waals surface area contributed by atoms with E-state index in [0.717, 1.165) is 30.7 Å². The molecule has 20 heavy (non-hydrogen) atoms. The zero-order valence-corrected chi connectivity index (χ0v) is 13.8. The quantitative estimate of drug-likeness (QED) is 0.907. The highest BCUT2D eigenvalue weighted by molar-refractivity contribution is 8.00. The van der Waals surface area contributed by atoms with Gasteiger partial charge < -0.3 is 10.2 Å². The maximum atomic E-state index is 6.51. The summed E-state index contributed by atoms with van der Waals surface area (Å²) in [6, 6.07) is 7.29. The van der Waals surface area contributed by atoms with Crippen LogP contribution in [0.1, 0.15) is 32.3 Å². The topological polar surface area (TPSA) is 15.3 Å². The lowest BCUT2D eigenvalue weighted by molar-refractivity contribution is 0.687. The molecule has 110 valence electrons. The monoisotopic (exact) mass is 310 g/mol. The molecule has 1 heterocycles. The Kier molecular flexibility index (Phi) is 4.49. The van der Waals surface area contributed by atoms with Gasteiger partial charge >= 0.3 is 0 Å². The molecule has 1 aliphatic carbocycles. The van der Waals surface area contributed by atoms with Crippen molar-refractivity contribution in [1.82, 2.24) is 5.32 Å². The van der Waals surface area contributed by atoms with Crippen molar-refractivity contribution < 1.29 is 0 Å². The van der Waals surface area contributed by atoms with Crippen LogP contribution in [0.15, 0.2) is 18.2 Å². The Morgan fingerprint density at radius 1 is 1.25 bits per heavy atom. The summed E-state index contributed by atoms with van der Waals surface area (Å²) in [6.45, 7) is 7.72. The van der Waals surface area contributed by atoms with Gasteiger partial charge in [0, 0.05) is 36.2 Å². The molecule has 4 heteroatoms. The Balaban J connectivity index is 1.69. The van der Waals surface area contributed by atoms with Crippen LogP contribution in [0.5, 0.6) is 0 Å². The first-order chi connectivity index (χ1) is 9.61.